The standard InChI is InChI=1S/C15H21NO5/c1-3-4-5-6-7-11(2)21-14-10-12(16(19)20)8-9-13(14)15(17)18/h8-11H,3-7H2,1-2H3,(H,17,18). The molecule has 0 fully saturated rings. The fourth-order valence-corrected chi connectivity index (χ4v) is 2.03. The van der Waals surface area contributed by atoms with E-state index in [9.17, 15) is 14.9 Å². The number of nitro groups is 1. The van der Waals surface area contributed by atoms with Crippen LogP contribution < -0.4 is 4.74 Å². The lowest BCUT2D eigenvalue weighted by molar-refractivity contribution is -0.385. The number of nitro benzene ring substituents is 1. The molecule has 1 atom stereocenters. The van der Waals surface area contributed by atoms with Crippen LogP contribution in [0.25, 0.3) is 0 Å². The third kappa shape index (κ3) is 5.41. The highest BCUT2D eigenvalue weighted by Crippen LogP contribution is 2.26. The van der Waals surface area contributed by atoms with Crippen LogP contribution in [0.15, 0.2) is 18.2 Å². The van der Waals surface area contributed by atoms with Gasteiger partial charge in [-0.15, -0.1) is 0 Å². The minimum absolute atomic E-state index is 0.0546. The predicted molar refractivity (Wildman–Crippen MR) is 78.9 cm³/mol. The lowest BCUT2D eigenvalue weighted by atomic mass is 10.1. The number of unbranched alkanes of at least 4 members (excludes halogenated alkanes) is 3. The van der Waals surface area contributed by atoms with Gasteiger partial charge in [0.2, 0.25) is 0 Å². The van der Waals surface area contributed by atoms with Crippen molar-refractivity contribution in [3.8, 4) is 5.75 Å². The molecule has 0 aliphatic carbocycles. The molecule has 0 bridgehead atoms. The highest BCUT2D eigenvalue weighted by atomic mass is 16.6. The normalized spacial score (nSPS) is 11.9. The molecular weight excluding hydrogens is 274 g/mol. The number of rotatable bonds is 9. The van der Waals surface area contributed by atoms with Gasteiger partial charge in [0, 0.05) is 6.07 Å². The molecule has 21 heavy (non-hydrogen) atoms. The van der Waals surface area contributed by atoms with Crippen LogP contribution in [0, 0.1) is 10.1 Å². The average molecular weight is 295 g/mol. The van der Waals surface area contributed by atoms with E-state index in [0.717, 1.165) is 32.1 Å². The predicted octanol–water partition coefficient (Wildman–Crippen LogP) is 4.03. The molecule has 0 aromatic heterocycles. The molecule has 0 amide bonds. The van der Waals surface area contributed by atoms with E-state index in [0.29, 0.717) is 0 Å². The lowest BCUT2D eigenvalue weighted by Gasteiger charge is -2.16. The Bertz CT molecular complexity index is 501. The molecule has 0 saturated heterocycles. The minimum Gasteiger partial charge on any atom is -0.490 e. The van der Waals surface area contributed by atoms with E-state index in [-0.39, 0.29) is 23.1 Å². The van der Waals surface area contributed by atoms with Crippen LogP contribution in [-0.2, 0) is 0 Å². The third-order valence-electron chi connectivity index (χ3n) is 3.20. The molecule has 0 aliphatic rings. The fourth-order valence-electron chi connectivity index (χ4n) is 2.03. The molecule has 1 rings (SSSR count). The summed E-state index contributed by atoms with van der Waals surface area (Å²) in [6.07, 6.45) is 5.01. The van der Waals surface area contributed by atoms with E-state index in [1.54, 1.807) is 0 Å². The van der Waals surface area contributed by atoms with Crippen LogP contribution >= 0.6 is 0 Å². The molecular formula is C15H21NO5. The first kappa shape index (κ1) is 16.9. The molecule has 1 N–H and O–H groups in total. The summed E-state index contributed by atoms with van der Waals surface area (Å²) in [6.45, 7) is 3.97. The van der Waals surface area contributed by atoms with Crippen molar-refractivity contribution in [1.29, 1.82) is 0 Å². The van der Waals surface area contributed by atoms with E-state index in [4.69, 9.17) is 9.84 Å². The van der Waals surface area contributed by atoms with Gasteiger partial charge in [0.05, 0.1) is 17.1 Å². The van der Waals surface area contributed by atoms with Crippen molar-refractivity contribution in [3.05, 3.63) is 33.9 Å². The Morgan fingerprint density at radius 3 is 2.67 bits per heavy atom. The number of hydrogen-bond acceptors (Lipinski definition) is 4. The van der Waals surface area contributed by atoms with E-state index < -0.39 is 10.9 Å². The van der Waals surface area contributed by atoms with E-state index >= 15 is 0 Å². The Kier molecular flexibility index (Phi) is 6.65. The number of non-ortho nitro benzene ring substituents is 1. The number of nitrogens with zero attached hydrogens (tertiary/aromatic N) is 1. The SMILES string of the molecule is CCCCCCC(C)Oc1cc([N+](=O)[O-])ccc1C(=O)O. The summed E-state index contributed by atoms with van der Waals surface area (Å²) in [4.78, 5) is 21.3. The van der Waals surface area contributed by atoms with Gasteiger partial charge in [-0.25, -0.2) is 4.79 Å². The molecule has 116 valence electrons. The molecule has 1 aromatic rings. The summed E-state index contributed by atoms with van der Waals surface area (Å²) in [7, 11) is 0. The van der Waals surface area contributed by atoms with Crippen molar-refractivity contribution in [2.24, 2.45) is 0 Å². The van der Waals surface area contributed by atoms with E-state index in [1.807, 2.05) is 6.92 Å². The lowest BCUT2D eigenvalue weighted by Crippen LogP contribution is -2.14. The van der Waals surface area contributed by atoms with Gasteiger partial charge in [0.15, 0.2) is 0 Å². The number of carbonyl (C=O) groups is 1. The molecule has 1 unspecified atom stereocenters. The Morgan fingerprint density at radius 1 is 1.38 bits per heavy atom. The number of carboxylic acids is 1. The highest BCUT2D eigenvalue weighted by molar-refractivity contribution is 5.91. The van der Waals surface area contributed by atoms with Crippen LogP contribution in [0.5, 0.6) is 5.75 Å². The Morgan fingerprint density at radius 2 is 2.10 bits per heavy atom. The summed E-state index contributed by atoms with van der Waals surface area (Å²) in [5.41, 5.74) is -0.228. The van der Waals surface area contributed by atoms with Crippen molar-refractivity contribution in [2.45, 2.75) is 52.1 Å². The van der Waals surface area contributed by atoms with Gasteiger partial charge in [0.1, 0.15) is 11.3 Å². The first-order valence-corrected chi connectivity index (χ1v) is 7.14. The molecule has 6 nitrogen and oxygen atoms in total. The zero-order valence-electron chi connectivity index (χ0n) is 12.4. The summed E-state index contributed by atoms with van der Waals surface area (Å²) in [5.74, 6) is -1.10. The van der Waals surface area contributed by atoms with Crippen molar-refractivity contribution in [2.75, 3.05) is 0 Å². The average Bonchev–Trinajstić information content (AvgIpc) is 2.43. The second-order valence-corrected chi connectivity index (χ2v) is 5.02. The van der Waals surface area contributed by atoms with Gasteiger partial charge in [-0.1, -0.05) is 26.2 Å². The zero-order chi connectivity index (χ0) is 15.8. The summed E-state index contributed by atoms with van der Waals surface area (Å²) in [5, 5.41) is 19.9. The maximum Gasteiger partial charge on any atom is 0.339 e. The van der Waals surface area contributed by atoms with Gasteiger partial charge in [-0.05, 0) is 25.8 Å². The third-order valence-corrected chi connectivity index (χ3v) is 3.20. The van der Waals surface area contributed by atoms with Crippen LogP contribution in [-0.4, -0.2) is 22.1 Å². The fraction of sp³-hybridized carbons (Fsp3) is 0.533. The van der Waals surface area contributed by atoms with Gasteiger partial charge < -0.3 is 9.84 Å². The maximum absolute atomic E-state index is 11.1. The smallest absolute Gasteiger partial charge is 0.339 e. The molecule has 0 saturated carbocycles. The molecule has 0 radical (unpaired) electrons. The van der Waals surface area contributed by atoms with Crippen LogP contribution in [0.2, 0.25) is 0 Å². The largest absolute Gasteiger partial charge is 0.490 e. The van der Waals surface area contributed by atoms with E-state index in [1.165, 1.54) is 18.2 Å². The Labute approximate surface area is 123 Å². The van der Waals surface area contributed by atoms with Crippen LogP contribution in [0.3, 0.4) is 0 Å². The Balaban J connectivity index is 2.77. The zero-order valence-corrected chi connectivity index (χ0v) is 12.4. The summed E-state index contributed by atoms with van der Waals surface area (Å²) < 4.78 is 5.59. The van der Waals surface area contributed by atoms with Crippen LogP contribution in [0.4, 0.5) is 5.69 Å². The van der Waals surface area contributed by atoms with Crippen molar-refractivity contribution in [3.63, 3.8) is 0 Å². The molecule has 0 aliphatic heterocycles. The van der Waals surface area contributed by atoms with Crippen molar-refractivity contribution >= 4 is 11.7 Å². The van der Waals surface area contributed by atoms with Gasteiger partial charge >= 0.3 is 5.97 Å². The number of benzene rings is 1. The van der Waals surface area contributed by atoms with Crippen LogP contribution in [0.1, 0.15) is 56.3 Å². The van der Waals surface area contributed by atoms with Gasteiger partial charge in [0.25, 0.3) is 5.69 Å². The second-order valence-electron chi connectivity index (χ2n) is 5.02. The molecule has 0 spiro atoms. The Hall–Kier alpha value is -2.11. The summed E-state index contributed by atoms with van der Waals surface area (Å²) in [6, 6.07) is 3.55. The van der Waals surface area contributed by atoms with Gasteiger partial charge in [-0.2, -0.15) is 0 Å². The minimum atomic E-state index is -1.15. The number of hydrogen-bond donors (Lipinski definition) is 1. The second kappa shape index (κ2) is 8.24. The number of carboxylic acid groups (broad SMARTS) is 1. The topological polar surface area (TPSA) is 89.7 Å². The van der Waals surface area contributed by atoms with Gasteiger partial charge in [-0.3, -0.25) is 10.1 Å². The van der Waals surface area contributed by atoms with Crippen molar-refractivity contribution in [1.82, 2.24) is 0 Å². The molecule has 1 aromatic carbocycles. The number of ether oxygens (including phenoxy) is 1. The van der Waals surface area contributed by atoms with Crippen molar-refractivity contribution < 1.29 is 19.6 Å². The maximum atomic E-state index is 11.1. The van der Waals surface area contributed by atoms with E-state index in [2.05, 4.69) is 6.92 Å². The number of aromatic carboxylic acids is 1. The quantitative estimate of drug-likeness (QED) is 0.422. The molecule has 0 heterocycles. The summed E-state index contributed by atoms with van der Waals surface area (Å²) >= 11 is 0. The first-order chi connectivity index (χ1) is 9.95. The monoisotopic (exact) mass is 295 g/mol. The molecule has 6 heteroatoms. The first-order valence-electron chi connectivity index (χ1n) is 7.14. The highest BCUT2D eigenvalue weighted by Gasteiger charge is 2.18.